The summed E-state index contributed by atoms with van der Waals surface area (Å²) in [4.78, 5) is 97.7. The molecule has 0 saturated carbocycles. The number of furan rings is 2. The maximum Gasteiger partial charge on any atom is 0.303 e. The Labute approximate surface area is 305 Å². The van der Waals surface area contributed by atoms with Crippen LogP contribution in [-0.2, 0) is 32.3 Å². The third kappa shape index (κ3) is 8.12. The fraction of sp³-hybridized carbons (Fsp3) is 0.222. The average Bonchev–Trinajstić information content (AvgIpc) is 3.94. The highest BCUT2D eigenvalue weighted by atomic mass is 16.4. The predicted octanol–water partition coefficient (Wildman–Crippen LogP) is 2.41. The molecule has 2 aliphatic rings. The topological polar surface area (TPSA) is 286 Å². The van der Waals surface area contributed by atoms with E-state index in [-0.39, 0.29) is 35.1 Å². The minimum Gasteiger partial charge on any atom is -0.481 e. The van der Waals surface area contributed by atoms with Gasteiger partial charge >= 0.3 is 11.9 Å². The molecule has 2 aromatic carbocycles. The minimum atomic E-state index is -1.33. The van der Waals surface area contributed by atoms with Crippen LogP contribution in [-0.4, -0.2) is 79.5 Å². The van der Waals surface area contributed by atoms with E-state index in [1.54, 1.807) is 48.5 Å². The zero-order chi connectivity index (χ0) is 39.1. The Bertz CT molecular complexity index is 1960. The molecular weight excluding hydrogens is 708 g/mol. The van der Waals surface area contributed by atoms with Crippen molar-refractivity contribution in [3.8, 4) is 0 Å². The third-order valence-electron chi connectivity index (χ3n) is 8.50. The van der Waals surface area contributed by atoms with Gasteiger partial charge in [-0.25, -0.2) is 0 Å². The molecular formula is C36H34N6O12. The highest BCUT2D eigenvalue weighted by molar-refractivity contribution is 6.26. The van der Waals surface area contributed by atoms with Crippen LogP contribution in [0.1, 0.15) is 78.6 Å². The number of carbonyl (C=O) groups excluding carboxylic acids is 6. The van der Waals surface area contributed by atoms with E-state index in [1.165, 1.54) is 24.7 Å². The second-order valence-corrected chi connectivity index (χ2v) is 12.0. The van der Waals surface area contributed by atoms with E-state index in [0.29, 0.717) is 36.0 Å². The van der Waals surface area contributed by atoms with Gasteiger partial charge < -0.3 is 41.1 Å². The number of hydrogen-bond acceptors (Lipinski definition) is 12. The summed E-state index contributed by atoms with van der Waals surface area (Å²) in [6.07, 6.45) is 1.75. The van der Waals surface area contributed by atoms with Gasteiger partial charge in [0.2, 0.25) is 11.8 Å². The number of imide groups is 2. The van der Waals surface area contributed by atoms with Crippen molar-refractivity contribution in [2.24, 2.45) is 11.5 Å². The monoisotopic (exact) mass is 742 g/mol. The van der Waals surface area contributed by atoms with Crippen LogP contribution in [0.4, 0.5) is 11.4 Å². The Hall–Kier alpha value is -7.24. The number of benzene rings is 2. The number of rotatable bonds is 16. The first-order valence-corrected chi connectivity index (χ1v) is 16.4. The highest BCUT2D eigenvalue weighted by Crippen LogP contribution is 2.33. The van der Waals surface area contributed by atoms with Crippen molar-refractivity contribution in [1.29, 1.82) is 0 Å². The zero-order valence-corrected chi connectivity index (χ0v) is 28.4. The number of carboxylic acids is 2. The summed E-state index contributed by atoms with van der Waals surface area (Å²) in [6, 6.07) is 13.7. The lowest BCUT2D eigenvalue weighted by molar-refractivity contribution is -0.138. The molecule has 2 unspecified atom stereocenters. The maximum atomic E-state index is 12.9. The maximum absolute atomic E-state index is 12.9. The van der Waals surface area contributed by atoms with E-state index in [0.717, 1.165) is 9.80 Å². The second-order valence-electron chi connectivity index (χ2n) is 12.0. The number of nitrogens with two attached hydrogens (primary N) is 2. The van der Waals surface area contributed by atoms with Crippen LogP contribution >= 0.6 is 0 Å². The van der Waals surface area contributed by atoms with Crippen molar-refractivity contribution in [1.82, 2.24) is 9.80 Å². The van der Waals surface area contributed by atoms with Crippen LogP contribution in [0.5, 0.6) is 0 Å². The van der Waals surface area contributed by atoms with Crippen molar-refractivity contribution < 1.29 is 57.4 Å². The normalized spacial score (nSPS) is 14.1. The number of anilines is 2. The van der Waals surface area contributed by atoms with E-state index in [4.69, 9.17) is 30.5 Å². The SMILES string of the molecule is NC(=O)C(CCC(=O)O)N1C(=O)c2cccc(NCc3ccco3)c2C1=O.NC(=O)C(CCC(=O)O)N1C(=O)c2cccc(NCc3ccco3)c2C1=O. The fourth-order valence-electron chi connectivity index (χ4n) is 5.98. The molecule has 0 radical (unpaired) electrons. The van der Waals surface area contributed by atoms with Crippen LogP contribution in [0.3, 0.4) is 0 Å². The molecule has 280 valence electrons. The lowest BCUT2D eigenvalue weighted by Crippen LogP contribution is -2.48. The summed E-state index contributed by atoms with van der Waals surface area (Å²) in [5.41, 5.74) is 12.0. The van der Waals surface area contributed by atoms with E-state index in [2.05, 4.69) is 10.6 Å². The number of amides is 6. The molecule has 0 bridgehead atoms. The second kappa shape index (κ2) is 16.4. The number of hydrogen-bond donors (Lipinski definition) is 6. The smallest absolute Gasteiger partial charge is 0.303 e. The summed E-state index contributed by atoms with van der Waals surface area (Å²) in [5.74, 6) is -5.63. The Morgan fingerprint density at radius 3 is 1.30 bits per heavy atom. The van der Waals surface area contributed by atoms with Crippen LogP contribution < -0.4 is 22.1 Å². The van der Waals surface area contributed by atoms with Gasteiger partial charge in [-0.2, -0.15) is 0 Å². The quantitative estimate of drug-likeness (QED) is 0.0900. The van der Waals surface area contributed by atoms with Gasteiger partial charge in [-0.15, -0.1) is 0 Å². The molecule has 6 rings (SSSR count). The van der Waals surface area contributed by atoms with Gasteiger partial charge in [-0.1, -0.05) is 12.1 Å². The first kappa shape index (κ1) is 38.0. The predicted molar refractivity (Wildman–Crippen MR) is 186 cm³/mol. The van der Waals surface area contributed by atoms with E-state index in [1.807, 2.05) is 0 Å². The van der Waals surface area contributed by atoms with Crippen molar-refractivity contribution in [3.63, 3.8) is 0 Å². The molecule has 0 aliphatic carbocycles. The molecule has 4 heterocycles. The van der Waals surface area contributed by atoms with Crippen LogP contribution in [0.15, 0.2) is 82.0 Å². The minimum absolute atomic E-state index is 0.121. The van der Waals surface area contributed by atoms with E-state index < -0.39 is 72.3 Å². The Balaban J connectivity index is 0.000000208. The number of carbonyl (C=O) groups is 8. The van der Waals surface area contributed by atoms with Gasteiger partial charge in [0.25, 0.3) is 23.6 Å². The van der Waals surface area contributed by atoms with Crippen LogP contribution in [0.2, 0.25) is 0 Å². The van der Waals surface area contributed by atoms with Crippen molar-refractivity contribution in [2.45, 2.75) is 50.9 Å². The Morgan fingerprint density at radius 1 is 0.593 bits per heavy atom. The summed E-state index contributed by atoms with van der Waals surface area (Å²) >= 11 is 0. The number of nitrogens with one attached hydrogen (secondary N) is 2. The molecule has 2 atom stereocenters. The Kier molecular flexibility index (Phi) is 11.5. The number of primary amides is 2. The zero-order valence-electron chi connectivity index (χ0n) is 28.4. The number of carboxylic acid groups (broad SMARTS) is 2. The summed E-state index contributed by atoms with van der Waals surface area (Å²) in [7, 11) is 0. The summed E-state index contributed by atoms with van der Waals surface area (Å²) in [5, 5.41) is 23.7. The summed E-state index contributed by atoms with van der Waals surface area (Å²) in [6.45, 7) is 0.590. The first-order valence-electron chi connectivity index (χ1n) is 16.4. The first-order chi connectivity index (χ1) is 25.8. The average molecular weight is 743 g/mol. The number of aliphatic carboxylic acids is 2. The van der Waals surface area contributed by atoms with E-state index in [9.17, 15) is 38.4 Å². The number of nitrogens with zero attached hydrogens (tertiary/aromatic N) is 2. The van der Waals surface area contributed by atoms with Gasteiger partial charge in [-0.3, -0.25) is 48.2 Å². The molecule has 4 aromatic rings. The van der Waals surface area contributed by atoms with Gasteiger partial charge in [0.05, 0.1) is 47.9 Å². The van der Waals surface area contributed by atoms with Crippen LogP contribution in [0, 0.1) is 0 Å². The molecule has 2 aliphatic heterocycles. The number of fused-ring (bicyclic) bond motifs is 2. The standard InChI is InChI=1S/2C18H17N3O6/c2*19-16(24)13(6-7-14(22)23)21-17(25)11-4-1-5-12(15(11)18(21)26)20-9-10-3-2-8-27-10/h2*1-5,8,13,20H,6-7,9H2,(H2,19,24)(H,22,23). The lowest BCUT2D eigenvalue weighted by atomic mass is 10.1. The molecule has 2 aromatic heterocycles. The van der Waals surface area contributed by atoms with Crippen LogP contribution in [0.25, 0.3) is 0 Å². The molecule has 6 amide bonds. The molecule has 0 spiro atoms. The summed E-state index contributed by atoms with van der Waals surface area (Å²) < 4.78 is 10.5. The largest absolute Gasteiger partial charge is 0.481 e. The van der Waals surface area contributed by atoms with Gasteiger partial charge in [0.15, 0.2) is 0 Å². The highest BCUT2D eigenvalue weighted by Gasteiger charge is 2.45. The van der Waals surface area contributed by atoms with E-state index >= 15 is 0 Å². The van der Waals surface area contributed by atoms with Gasteiger partial charge in [0.1, 0.15) is 23.6 Å². The molecule has 18 nitrogen and oxygen atoms in total. The molecule has 0 saturated heterocycles. The fourth-order valence-corrected chi connectivity index (χ4v) is 5.98. The van der Waals surface area contributed by atoms with Crippen molar-refractivity contribution in [3.05, 3.63) is 107 Å². The van der Waals surface area contributed by atoms with Crippen molar-refractivity contribution in [2.75, 3.05) is 10.6 Å². The molecule has 0 fully saturated rings. The van der Waals surface area contributed by atoms with Crippen molar-refractivity contribution >= 4 is 58.8 Å². The molecule has 8 N–H and O–H groups in total. The lowest BCUT2D eigenvalue weighted by Gasteiger charge is -2.22. The molecule has 54 heavy (non-hydrogen) atoms. The van der Waals surface area contributed by atoms with Gasteiger partial charge in [0, 0.05) is 24.2 Å². The Morgan fingerprint density at radius 2 is 0.981 bits per heavy atom. The molecule has 18 heteroatoms. The van der Waals surface area contributed by atoms with Gasteiger partial charge in [-0.05, 0) is 61.4 Å². The third-order valence-corrected chi connectivity index (χ3v) is 8.50.